The van der Waals surface area contributed by atoms with Crippen molar-refractivity contribution in [1.82, 2.24) is 15.0 Å². The molecule has 2 heterocycles. The van der Waals surface area contributed by atoms with Crippen LogP contribution in [0.2, 0.25) is 0 Å². The van der Waals surface area contributed by atoms with E-state index in [0.717, 1.165) is 13.1 Å². The van der Waals surface area contributed by atoms with Crippen LogP contribution in [0.1, 0.15) is 32.6 Å². The van der Waals surface area contributed by atoms with Crippen LogP contribution in [0.15, 0.2) is 0 Å². The smallest absolute Gasteiger partial charge is 0.231 e. The number of aliphatic hydroxyl groups is 1. The summed E-state index contributed by atoms with van der Waals surface area (Å²) in [5.74, 6) is 1.48. The summed E-state index contributed by atoms with van der Waals surface area (Å²) < 4.78 is 0. The summed E-state index contributed by atoms with van der Waals surface area (Å²) in [5, 5.41) is 9.35. The molecule has 1 unspecified atom stereocenters. The summed E-state index contributed by atoms with van der Waals surface area (Å²) in [4.78, 5) is 17.0. The Hall–Kier alpha value is -1.63. The fraction of sp³-hybridized carbons (Fsp3) is 0.769. The van der Waals surface area contributed by atoms with E-state index in [-0.39, 0.29) is 12.1 Å². The maximum absolute atomic E-state index is 9.35. The molecule has 0 saturated carbocycles. The second-order valence-electron chi connectivity index (χ2n) is 5.40. The van der Waals surface area contributed by atoms with Crippen LogP contribution >= 0.6 is 0 Å². The first-order valence-electron chi connectivity index (χ1n) is 7.22. The number of nitrogen functional groups attached to an aromatic ring is 1. The number of anilines is 3. The van der Waals surface area contributed by atoms with Gasteiger partial charge in [0.05, 0.1) is 6.10 Å². The first kappa shape index (κ1) is 14.8. The van der Waals surface area contributed by atoms with Crippen LogP contribution in [0.4, 0.5) is 17.8 Å². The summed E-state index contributed by atoms with van der Waals surface area (Å²) in [6.45, 7) is 4.40. The van der Waals surface area contributed by atoms with E-state index in [9.17, 15) is 5.11 Å². The van der Waals surface area contributed by atoms with Gasteiger partial charge < -0.3 is 20.6 Å². The van der Waals surface area contributed by atoms with E-state index in [4.69, 9.17) is 5.73 Å². The van der Waals surface area contributed by atoms with Crippen LogP contribution in [0.5, 0.6) is 0 Å². The molecule has 3 N–H and O–H groups in total. The highest BCUT2D eigenvalue weighted by atomic mass is 16.3. The topological polar surface area (TPSA) is 91.4 Å². The fourth-order valence-corrected chi connectivity index (χ4v) is 2.26. The maximum atomic E-state index is 9.35. The van der Waals surface area contributed by atoms with Crippen molar-refractivity contribution >= 4 is 17.8 Å². The van der Waals surface area contributed by atoms with Crippen LogP contribution in [0.25, 0.3) is 0 Å². The predicted molar refractivity (Wildman–Crippen MR) is 79.9 cm³/mol. The molecule has 1 aliphatic heterocycles. The van der Waals surface area contributed by atoms with Crippen molar-refractivity contribution < 1.29 is 5.11 Å². The third-order valence-electron chi connectivity index (χ3n) is 3.49. The lowest BCUT2D eigenvalue weighted by Crippen LogP contribution is -2.32. The van der Waals surface area contributed by atoms with Gasteiger partial charge in [-0.25, -0.2) is 0 Å². The van der Waals surface area contributed by atoms with Gasteiger partial charge in [-0.1, -0.05) is 0 Å². The van der Waals surface area contributed by atoms with Gasteiger partial charge in [-0.2, -0.15) is 15.0 Å². The number of nitrogens with zero attached hydrogens (tertiary/aromatic N) is 5. The average Bonchev–Trinajstić information content (AvgIpc) is 2.45. The molecule has 0 radical (unpaired) electrons. The SMILES string of the molecule is CC(O)CCN(C)c1nc(N)nc(N2CCCCC2)n1. The average molecular weight is 280 g/mol. The Bertz CT molecular complexity index is 433. The lowest BCUT2D eigenvalue weighted by atomic mass is 10.1. The lowest BCUT2D eigenvalue weighted by Gasteiger charge is -2.27. The monoisotopic (exact) mass is 280 g/mol. The van der Waals surface area contributed by atoms with Crippen LogP contribution in [-0.4, -0.2) is 52.8 Å². The second kappa shape index (κ2) is 6.69. The van der Waals surface area contributed by atoms with E-state index < -0.39 is 0 Å². The minimum Gasteiger partial charge on any atom is -0.393 e. The van der Waals surface area contributed by atoms with Gasteiger partial charge in [0.25, 0.3) is 0 Å². The van der Waals surface area contributed by atoms with Crippen molar-refractivity contribution in [2.24, 2.45) is 0 Å². The van der Waals surface area contributed by atoms with Gasteiger partial charge in [-0.15, -0.1) is 0 Å². The van der Waals surface area contributed by atoms with Crippen LogP contribution < -0.4 is 15.5 Å². The molecule has 0 amide bonds. The summed E-state index contributed by atoms with van der Waals surface area (Å²) in [6.07, 6.45) is 3.93. The summed E-state index contributed by atoms with van der Waals surface area (Å²) in [7, 11) is 1.90. The maximum Gasteiger partial charge on any atom is 0.231 e. The van der Waals surface area contributed by atoms with E-state index in [2.05, 4.69) is 19.9 Å². The zero-order chi connectivity index (χ0) is 14.5. The molecule has 20 heavy (non-hydrogen) atoms. The quantitative estimate of drug-likeness (QED) is 0.818. The molecule has 0 bridgehead atoms. The summed E-state index contributed by atoms with van der Waals surface area (Å²) in [5.41, 5.74) is 5.79. The molecule has 1 aromatic heterocycles. The minimum absolute atomic E-state index is 0.250. The largest absolute Gasteiger partial charge is 0.393 e. The third kappa shape index (κ3) is 3.93. The van der Waals surface area contributed by atoms with E-state index in [0.29, 0.717) is 24.9 Å². The van der Waals surface area contributed by atoms with Gasteiger partial charge in [0, 0.05) is 26.7 Å². The van der Waals surface area contributed by atoms with Crippen molar-refractivity contribution in [2.75, 3.05) is 42.2 Å². The van der Waals surface area contributed by atoms with E-state index in [1.54, 1.807) is 6.92 Å². The van der Waals surface area contributed by atoms with E-state index >= 15 is 0 Å². The van der Waals surface area contributed by atoms with Crippen molar-refractivity contribution in [1.29, 1.82) is 0 Å². The van der Waals surface area contributed by atoms with Gasteiger partial charge in [0.1, 0.15) is 0 Å². The number of aliphatic hydroxyl groups excluding tert-OH is 1. The Labute approximate surface area is 119 Å². The number of hydrogen-bond donors (Lipinski definition) is 2. The standard InChI is InChI=1S/C13H24N6O/c1-10(20)6-9-18(2)12-15-11(14)16-13(17-12)19-7-4-3-5-8-19/h10,20H,3-9H2,1-2H3,(H2,14,15,16,17). The van der Waals surface area contributed by atoms with Gasteiger partial charge in [0.15, 0.2) is 0 Å². The first-order valence-corrected chi connectivity index (χ1v) is 7.22. The fourth-order valence-electron chi connectivity index (χ4n) is 2.26. The van der Waals surface area contributed by atoms with Crippen molar-refractivity contribution in [2.45, 2.75) is 38.7 Å². The van der Waals surface area contributed by atoms with E-state index in [1.807, 2.05) is 11.9 Å². The number of nitrogens with two attached hydrogens (primary N) is 1. The molecule has 2 rings (SSSR count). The Kier molecular flexibility index (Phi) is 4.94. The van der Waals surface area contributed by atoms with Crippen LogP contribution in [0.3, 0.4) is 0 Å². The summed E-state index contributed by atoms with van der Waals surface area (Å²) in [6, 6.07) is 0. The lowest BCUT2D eigenvalue weighted by molar-refractivity contribution is 0.186. The molecule has 1 aliphatic rings. The number of rotatable bonds is 5. The number of piperidine rings is 1. The van der Waals surface area contributed by atoms with Crippen LogP contribution in [0, 0.1) is 0 Å². The predicted octanol–water partition coefficient (Wildman–Crippen LogP) is 0.651. The molecule has 0 aromatic carbocycles. The highest BCUT2D eigenvalue weighted by Gasteiger charge is 2.17. The van der Waals surface area contributed by atoms with Crippen molar-refractivity contribution in [3.05, 3.63) is 0 Å². The van der Waals surface area contributed by atoms with Crippen LogP contribution in [-0.2, 0) is 0 Å². The Balaban J connectivity index is 2.10. The molecule has 1 saturated heterocycles. The van der Waals surface area contributed by atoms with Crippen molar-refractivity contribution in [3.8, 4) is 0 Å². The molecule has 0 aliphatic carbocycles. The zero-order valence-corrected chi connectivity index (χ0v) is 12.3. The van der Waals surface area contributed by atoms with Gasteiger partial charge >= 0.3 is 0 Å². The minimum atomic E-state index is -0.335. The molecule has 1 atom stereocenters. The first-order chi connectivity index (χ1) is 9.56. The summed E-state index contributed by atoms with van der Waals surface area (Å²) >= 11 is 0. The highest BCUT2D eigenvalue weighted by Crippen LogP contribution is 2.18. The zero-order valence-electron chi connectivity index (χ0n) is 12.3. The number of hydrogen-bond acceptors (Lipinski definition) is 7. The number of aromatic nitrogens is 3. The normalized spacial score (nSPS) is 17.1. The second-order valence-corrected chi connectivity index (χ2v) is 5.40. The highest BCUT2D eigenvalue weighted by molar-refractivity contribution is 5.43. The third-order valence-corrected chi connectivity index (χ3v) is 3.49. The Morgan fingerprint density at radius 1 is 1.25 bits per heavy atom. The molecule has 0 spiro atoms. The molecule has 7 nitrogen and oxygen atoms in total. The Morgan fingerprint density at radius 3 is 2.60 bits per heavy atom. The molecule has 1 aromatic rings. The molecule has 7 heteroatoms. The van der Waals surface area contributed by atoms with Crippen molar-refractivity contribution in [3.63, 3.8) is 0 Å². The van der Waals surface area contributed by atoms with Gasteiger partial charge in [0.2, 0.25) is 17.8 Å². The Morgan fingerprint density at radius 2 is 1.95 bits per heavy atom. The van der Waals surface area contributed by atoms with Gasteiger partial charge in [-0.3, -0.25) is 0 Å². The molecule has 112 valence electrons. The molecular formula is C13H24N6O. The van der Waals surface area contributed by atoms with Gasteiger partial charge in [-0.05, 0) is 32.6 Å². The molecule has 1 fully saturated rings. The van der Waals surface area contributed by atoms with E-state index in [1.165, 1.54) is 19.3 Å². The molecular weight excluding hydrogens is 256 g/mol.